The number of halogens is 1. The van der Waals surface area contributed by atoms with E-state index in [-0.39, 0.29) is 23.0 Å². The molecule has 4 aliphatic rings. The van der Waals surface area contributed by atoms with E-state index in [0.717, 1.165) is 68.4 Å². The Morgan fingerprint density at radius 2 is 1.70 bits per heavy atom. The molecule has 1 saturated carbocycles. The molecule has 246 valence electrons. The van der Waals surface area contributed by atoms with Crippen molar-refractivity contribution in [2.45, 2.75) is 121 Å². The van der Waals surface area contributed by atoms with E-state index in [2.05, 4.69) is 52.0 Å². The third-order valence-corrected chi connectivity index (χ3v) is 11.8. The molecule has 46 heavy (non-hydrogen) atoms. The zero-order valence-corrected chi connectivity index (χ0v) is 27.8. The molecule has 3 atom stereocenters. The Kier molecular flexibility index (Phi) is 8.45. The number of imidazole rings is 1. The van der Waals surface area contributed by atoms with Gasteiger partial charge in [-0.2, -0.15) is 0 Å². The Labute approximate surface area is 272 Å². The highest BCUT2D eigenvalue weighted by molar-refractivity contribution is 5.83. The lowest BCUT2D eigenvalue weighted by atomic mass is 9.69. The van der Waals surface area contributed by atoms with E-state index in [0.29, 0.717) is 50.1 Å². The van der Waals surface area contributed by atoms with Crippen LogP contribution in [-0.4, -0.2) is 68.9 Å². The molecule has 4 heterocycles. The first-order valence-corrected chi connectivity index (χ1v) is 17.7. The minimum atomic E-state index is -0.595. The summed E-state index contributed by atoms with van der Waals surface area (Å²) in [6, 6.07) is 17.6. The first-order chi connectivity index (χ1) is 22.1. The second kappa shape index (κ2) is 12.4. The first kappa shape index (κ1) is 31.3. The zero-order valence-electron chi connectivity index (χ0n) is 27.8. The van der Waals surface area contributed by atoms with Crippen LogP contribution in [0.1, 0.15) is 102 Å². The minimum absolute atomic E-state index is 0.0543. The number of aromatic nitrogens is 2. The molecule has 3 aromatic rings. The van der Waals surface area contributed by atoms with Crippen molar-refractivity contribution in [1.29, 1.82) is 0 Å². The maximum absolute atomic E-state index is 14.6. The lowest BCUT2D eigenvalue weighted by Crippen LogP contribution is -2.51. The van der Waals surface area contributed by atoms with Gasteiger partial charge in [0.2, 0.25) is 11.8 Å². The maximum atomic E-state index is 14.6. The number of likely N-dealkylation sites (tertiary alicyclic amines) is 1. The second-order valence-corrected chi connectivity index (χ2v) is 15.3. The normalized spacial score (nSPS) is 24.8. The Balaban J connectivity index is 1.02. The van der Waals surface area contributed by atoms with Crippen LogP contribution in [-0.2, 0) is 15.0 Å². The number of para-hydroxylation sites is 2. The van der Waals surface area contributed by atoms with Crippen molar-refractivity contribution < 1.29 is 14.0 Å². The van der Waals surface area contributed by atoms with E-state index < -0.39 is 5.41 Å². The van der Waals surface area contributed by atoms with E-state index in [1.807, 2.05) is 24.8 Å². The zero-order chi connectivity index (χ0) is 32.1. The second-order valence-electron chi connectivity index (χ2n) is 15.3. The number of carbonyl (C=O) groups excluding carboxylic acids is 2. The fourth-order valence-electron chi connectivity index (χ4n) is 8.92. The molecule has 1 N–H and O–H groups in total. The molecule has 2 amide bonds. The van der Waals surface area contributed by atoms with Gasteiger partial charge in [0.25, 0.3) is 0 Å². The maximum Gasteiger partial charge on any atom is 0.228 e. The van der Waals surface area contributed by atoms with Gasteiger partial charge in [0.15, 0.2) is 0 Å². The van der Waals surface area contributed by atoms with Gasteiger partial charge in [-0.05, 0) is 113 Å². The van der Waals surface area contributed by atoms with Crippen LogP contribution in [0.5, 0.6) is 0 Å². The fraction of sp³-hybridized carbons (Fsp3) is 0.605. The molecule has 1 aliphatic carbocycles. The van der Waals surface area contributed by atoms with Gasteiger partial charge in [-0.15, -0.1) is 0 Å². The van der Waals surface area contributed by atoms with Crippen molar-refractivity contribution in [3.63, 3.8) is 0 Å². The molecule has 7 nitrogen and oxygen atoms in total. The Bertz CT molecular complexity index is 1570. The van der Waals surface area contributed by atoms with E-state index in [9.17, 15) is 14.0 Å². The molecular weight excluding hydrogens is 577 g/mol. The van der Waals surface area contributed by atoms with Crippen LogP contribution in [0, 0.1) is 18.2 Å². The van der Waals surface area contributed by atoms with Gasteiger partial charge in [-0.25, -0.2) is 9.37 Å². The van der Waals surface area contributed by atoms with Crippen molar-refractivity contribution in [3.05, 3.63) is 65.7 Å². The van der Waals surface area contributed by atoms with Crippen LogP contribution in [0.25, 0.3) is 11.0 Å². The predicted molar refractivity (Wildman–Crippen MR) is 179 cm³/mol. The largest absolute Gasteiger partial charge is 0.353 e. The van der Waals surface area contributed by atoms with Crippen molar-refractivity contribution in [2.75, 3.05) is 19.6 Å². The minimum Gasteiger partial charge on any atom is -0.353 e. The number of hydrogen-bond donors (Lipinski definition) is 1. The van der Waals surface area contributed by atoms with Gasteiger partial charge in [0.1, 0.15) is 11.6 Å². The summed E-state index contributed by atoms with van der Waals surface area (Å²) in [5.41, 5.74) is 2.63. The summed E-state index contributed by atoms with van der Waals surface area (Å²) >= 11 is 0. The topological polar surface area (TPSA) is 70.5 Å². The molecule has 0 radical (unpaired) electrons. The quantitative estimate of drug-likeness (QED) is 0.272. The highest BCUT2D eigenvalue weighted by Gasteiger charge is 2.45. The standard InChI is InChI=1S/C38H50FN5O2/c1-26-40-33-9-4-5-10-34(33)44(26)32-24-30-13-14-31(25-32)43(30)22-19-38(27-7-6-8-28(39)23-27)17-20-42(21-18-38)36(46)37(2,3)16-15-35(45)41-29-11-12-29/h4-10,23,29-32H,11-22,24-25H2,1-3H3,(H,41,45)/t30-,31+,32?. The highest BCUT2D eigenvalue weighted by atomic mass is 19.1. The number of nitrogens with one attached hydrogen (secondary N) is 1. The summed E-state index contributed by atoms with van der Waals surface area (Å²) in [5.74, 6) is 1.10. The summed E-state index contributed by atoms with van der Waals surface area (Å²) in [5, 5.41) is 3.05. The number of hydrogen-bond acceptors (Lipinski definition) is 4. The van der Waals surface area contributed by atoms with Crippen molar-refractivity contribution >= 4 is 22.8 Å². The van der Waals surface area contributed by atoms with E-state index in [4.69, 9.17) is 4.98 Å². The Hall–Kier alpha value is -3.26. The molecule has 0 spiro atoms. The lowest BCUT2D eigenvalue weighted by Gasteiger charge is -2.46. The smallest absolute Gasteiger partial charge is 0.228 e. The summed E-state index contributed by atoms with van der Waals surface area (Å²) in [4.78, 5) is 35.7. The first-order valence-electron chi connectivity index (χ1n) is 17.7. The predicted octanol–water partition coefficient (Wildman–Crippen LogP) is 6.69. The van der Waals surface area contributed by atoms with Crippen molar-refractivity contribution in [2.24, 2.45) is 5.41 Å². The fourth-order valence-corrected chi connectivity index (χ4v) is 8.92. The van der Waals surface area contributed by atoms with Crippen LogP contribution in [0.15, 0.2) is 48.5 Å². The molecule has 7 rings (SSSR count). The number of fused-ring (bicyclic) bond motifs is 3. The van der Waals surface area contributed by atoms with Gasteiger partial charge < -0.3 is 14.8 Å². The van der Waals surface area contributed by atoms with E-state index in [1.165, 1.54) is 24.4 Å². The number of nitrogens with zero attached hydrogens (tertiary/aromatic N) is 4. The summed E-state index contributed by atoms with van der Waals surface area (Å²) in [7, 11) is 0. The lowest BCUT2D eigenvalue weighted by molar-refractivity contribution is -0.142. The number of rotatable bonds is 10. The van der Waals surface area contributed by atoms with Crippen LogP contribution in [0.2, 0.25) is 0 Å². The van der Waals surface area contributed by atoms with E-state index >= 15 is 0 Å². The number of aryl methyl sites for hydroxylation is 1. The molecule has 3 aliphatic heterocycles. The van der Waals surface area contributed by atoms with Crippen LogP contribution in [0.3, 0.4) is 0 Å². The van der Waals surface area contributed by atoms with Gasteiger partial charge >= 0.3 is 0 Å². The molecular formula is C38H50FN5O2. The highest BCUT2D eigenvalue weighted by Crippen LogP contribution is 2.45. The monoisotopic (exact) mass is 627 g/mol. The molecule has 2 aromatic carbocycles. The number of piperidine rings is 2. The third kappa shape index (κ3) is 6.22. The number of amides is 2. The summed E-state index contributed by atoms with van der Waals surface area (Å²) in [6.45, 7) is 8.41. The van der Waals surface area contributed by atoms with Gasteiger partial charge in [0.05, 0.1) is 11.0 Å². The molecule has 4 fully saturated rings. The molecule has 1 aromatic heterocycles. The Morgan fingerprint density at radius 3 is 2.39 bits per heavy atom. The molecule has 3 saturated heterocycles. The third-order valence-electron chi connectivity index (χ3n) is 11.8. The molecule has 8 heteroatoms. The van der Waals surface area contributed by atoms with Gasteiger partial charge in [-0.1, -0.05) is 38.1 Å². The number of benzene rings is 2. The van der Waals surface area contributed by atoms with Crippen molar-refractivity contribution in [1.82, 2.24) is 24.7 Å². The Morgan fingerprint density at radius 1 is 0.978 bits per heavy atom. The van der Waals surface area contributed by atoms with Crippen molar-refractivity contribution in [3.8, 4) is 0 Å². The summed E-state index contributed by atoms with van der Waals surface area (Å²) < 4.78 is 17.1. The average Bonchev–Trinajstić information content (AvgIpc) is 3.74. The molecule has 2 bridgehead atoms. The van der Waals surface area contributed by atoms with Gasteiger partial charge in [0, 0.05) is 49.1 Å². The van der Waals surface area contributed by atoms with Crippen LogP contribution < -0.4 is 5.32 Å². The van der Waals surface area contributed by atoms with Crippen LogP contribution >= 0.6 is 0 Å². The average molecular weight is 628 g/mol. The van der Waals surface area contributed by atoms with E-state index in [1.54, 1.807) is 6.07 Å². The number of carbonyl (C=O) groups is 2. The van der Waals surface area contributed by atoms with Gasteiger partial charge in [-0.3, -0.25) is 14.5 Å². The SMILES string of the molecule is Cc1nc2ccccc2n1C1C[C@H]2CC[C@@H](C1)N2CCC1(c2cccc(F)c2)CCN(C(=O)C(C)(C)CCC(=O)NC2CC2)CC1. The molecule has 1 unspecified atom stereocenters. The summed E-state index contributed by atoms with van der Waals surface area (Å²) in [6.07, 6.45) is 10.4. The van der Waals surface area contributed by atoms with Crippen LogP contribution in [0.4, 0.5) is 4.39 Å².